The van der Waals surface area contributed by atoms with E-state index in [9.17, 15) is 4.79 Å². The summed E-state index contributed by atoms with van der Waals surface area (Å²) in [6.45, 7) is 2.43. The summed E-state index contributed by atoms with van der Waals surface area (Å²) in [4.78, 5) is 16.6. The van der Waals surface area contributed by atoms with Crippen molar-refractivity contribution in [2.75, 3.05) is 25.6 Å². The molecule has 2 aromatic carbocycles. The monoisotopic (exact) mass is 384 g/mol. The Morgan fingerprint density at radius 2 is 1.78 bits per heavy atom. The Morgan fingerprint density at radius 3 is 2.48 bits per heavy atom. The molecule has 0 saturated carbocycles. The molecule has 0 aliphatic carbocycles. The summed E-state index contributed by atoms with van der Waals surface area (Å²) in [6, 6.07) is 14.7. The lowest BCUT2D eigenvalue weighted by Crippen LogP contribution is -2.20. The molecule has 3 aromatic rings. The Hall–Kier alpha value is -3.06. The highest BCUT2D eigenvalue weighted by atomic mass is 32.1. The van der Waals surface area contributed by atoms with Gasteiger partial charge in [0.1, 0.15) is 17.2 Å². The van der Waals surface area contributed by atoms with Crippen molar-refractivity contribution in [1.82, 2.24) is 4.98 Å². The molecule has 140 valence electrons. The largest absolute Gasteiger partial charge is 0.496 e. The Kier molecular flexibility index (Phi) is 6.27. The van der Waals surface area contributed by atoms with Gasteiger partial charge in [0, 0.05) is 10.9 Å². The molecule has 1 N–H and O–H groups in total. The fraction of sp³-hybridized carbons (Fsp3) is 0.200. The van der Waals surface area contributed by atoms with E-state index in [0.29, 0.717) is 17.5 Å². The Labute approximate surface area is 161 Å². The van der Waals surface area contributed by atoms with Gasteiger partial charge in [-0.3, -0.25) is 10.1 Å². The minimum absolute atomic E-state index is 0.0996. The van der Waals surface area contributed by atoms with E-state index in [1.54, 1.807) is 31.4 Å². The first-order valence-electron chi connectivity index (χ1n) is 8.44. The van der Waals surface area contributed by atoms with E-state index < -0.39 is 0 Å². The van der Waals surface area contributed by atoms with Crippen molar-refractivity contribution in [3.63, 3.8) is 0 Å². The second-order valence-corrected chi connectivity index (χ2v) is 6.34. The van der Waals surface area contributed by atoms with Crippen molar-refractivity contribution >= 4 is 22.4 Å². The quantitative estimate of drug-likeness (QED) is 0.629. The van der Waals surface area contributed by atoms with Crippen LogP contribution in [-0.4, -0.2) is 31.2 Å². The molecule has 27 heavy (non-hydrogen) atoms. The van der Waals surface area contributed by atoms with Crippen LogP contribution in [0.25, 0.3) is 11.3 Å². The van der Waals surface area contributed by atoms with Gasteiger partial charge in [0.15, 0.2) is 11.7 Å². The van der Waals surface area contributed by atoms with Crippen LogP contribution in [-0.2, 0) is 4.79 Å². The first-order valence-corrected chi connectivity index (χ1v) is 9.32. The smallest absolute Gasteiger partial charge is 0.264 e. The normalized spacial score (nSPS) is 10.3. The number of anilines is 1. The summed E-state index contributed by atoms with van der Waals surface area (Å²) in [5.41, 5.74) is 1.63. The minimum atomic E-state index is -0.273. The third-order valence-electron chi connectivity index (χ3n) is 3.64. The van der Waals surface area contributed by atoms with E-state index >= 15 is 0 Å². The van der Waals surface area contributed by atoms with Crippen molar-refractivity contribution in [3.8, 4) is 28.5 Å². The molecule has 0 radical (unpaired) electrons. The van der Waals surface area contributed by atoms with Gasteiger partial charge in [-0.1, -0.05) is 12.1 Å². The van der Waals surface area contributed by atoms with Crippen molar-refractivity contribution in [3.05, 3.63) is 53.9 Å². The molecule has 1 aromatic heterocycles. The van der Waals surface area contributed by atoms with E-state index in [4.69, 9.17) is 14.2 Å². The van der Waals surface area contributed by atoms with Crippen LogP contribution in [0.2, 0.25) is 0 Å². The molecule has 6 nitrogen and oxygen atoms in total. The number of aromatic nitrogens is 1. The van der Waals surface area contributed by atoms with E-state index in [2.05, 4.69) is 10.3 Å². The van der Waals surface area contributed by atoms with E-state index in [1.807, 2.05) is 36.6 Å². The number of hydrogen-bond donors (Lipinski definition) is 1. The Bertz CT molecular complexity index is 893. The molecular weight excluding hydrogens is 364 g/mol. The molecule has 0 aliphatic heterocycles. The topological polar surface area (TPSA) is 69.7 Å². The van der Waals surface area contributed by atoms with Crippen LogP contribution in [0.1, 0.15) is 6.92 Å². The van der Waals surface area contributed by atoms with Crippen LogP contribution in [0.15, 0.2) is 53.9 Å². The molecule has 0 aliphatic rings. The highest BCUT2D eigenvalue weighted by Gasteiger charge is 2.11. The number of hydrogen-bond acceptors (Lipinski definition) is 6. The number of para-hydroxylation sites is 1. The van der Waals surface area contributed by atoms with Crippen LogP contribution in [0.3, 0.4) is 0 Å². The van der Waals surface area contributed by atoms with Crippen molar-refractivity contribution in [2.45, 2.75) is 6.92 Å². The fourth-order valence-corrected chi connectivity index (χ4v) is 3.14. The summed E-state index contributed by atoms with van der Waals surface area (Å²) < 4.78 is 16.2. The van der Waals surface area contributed by atoms with Crippen molar-refractivity contribution in [2.24, 2.45) is 0 Å². The van der Waals surface area contributed by atoms with Gasteiger partial charge in [-0.2, -0.15) is 0 Å². The number of rotatable bonds is 8. The highest BCUT2D eigenvalue weighted by molar-refractivity contribution is 7.14. The third kappa shape index (κ3) is 4.98. The number of carbonyl (C=O) groups is 1. The Morgan fingerprint density at radius 1 is 1.07 bits per heavy atom. The van der Waals surface area contributed by atoms with E-state index in [-0.39, 0.29) is 12.5 Å². The average molecular weight is 384 g/mol. The predicted octanol–water partition coefficient (Wildman–Crippen LogP) is 4.23. The van der Waals surface area contributed by atoms with Crippen LogP contribution < -0.4 is 19.5 Å². The predicted molar refractivity (Wildman–Crippen MR) is 106 cm³/mol. The standard InChI is InChI=1S/C20H20N2O4S/c1-3-25-14-8-10-15(11-9-14)26-12-19(23)22-20-21-17(13-27-20)16-6-4-5-7-18(16)24-2/h4-11,13H,3,12H2,1-2H3,(H,21,22,23). The molecule has 0 spiro atoms. The van der Waals surface area contributed by atoms with Crippen LogP contribution >= 0.6 is 11.3 Å². The molecule has 0 unspecified atom stereocenters. The third-order valence-corrected chi connectivity index (χ3v) is 4.40. The lowest BCUT2D eigenvalue weighted by Gasteiger charge is -2.07. The molecule has 0 saturated heterocycles. The maximum Gasteiger partial charge on any atom is 0.264 e. The van der Waals surface area contributed by atoms with Gasteiger partial charge in [0.2, 0.25) is 0 Å². The maximum atomic E-state index is 12.1. The molecule has 0 atom stereocenters. The van der Waals surface area contributed by atoms with Gasteiger partial charge >= 0.3 is 0 Å². The highest BCUT2D eigenvalue weighted by Crippen LogP contribution is 2.31. The molecule has 1 amide bonds. The summed E-state index contributed by atoms with van der Waals surface area (Å²) in [7, 11) is 1.62. The number of nitrogens with one attached hydrogen (secondary N) is 1. The Balaban J connectivity index is 1.56. The van der Waals surface area contributed by atoms with Gasteiger partial charge in [-0.05, 0) is 43.3 Å². The van der Waals surface area contributed by atoms with Crippen molar-refractivity contribution < 1.29 is 19.0 Å². The van der Waals surface area contributed by atoms with Gasteiger partial charge in [-0.15, -0.1) is 11.3 Å². The lowest BCUT2D eigenvalue weighted by molar-refractivity contribution is -0.118. The molecule has 0 fully saturated rings. The molecule has 0 bridgehead atoms. The number of benzene rings is 2. The summed E-state index contributed by atoms with van der Waals surface area (Å²) >= 11 is 1.35. The number of ether oxygens (including phenoxy) is 3. The number of methoxy groups -OCH3 is 1. The molecule has 1 heterocycles. The van der Waals surface area contributed by atoms with Gasteiger partial charge < -0.3 is 14.2 Å². The summed E-state index contributed by atoms with van der Waals surface area (Å²) in [5.74, 6) is 1.83. The zero-order chi connectivity index (χ0) is 19.1. The number of nitrogens with zero attached hydrogens (tertiary/aromatic N) is 1. The van der Waals surface area contributed by atoms with Gasteiger partial charge in [-0.25, -0.2) is 4.98 Å². The summed E-state index contributed by atoms with van der Waals surface area (Å²) in [5, 5.41) is 5.14. The number of carbonyl (C=O) groups excluding carboxylic acids is 1. The van der Waals surface area contributed by atoms with Crippen LogP contribution in [0, 0.1) is 0 Å². The van der Waals surface area contributed by atoms with E-state index in [1.165, 1.54) is 11.3 Å². The maximum absolute atomic E-state index is 12.1. The molecule has 3 rings (SSSR count). The number of amides is 1. The zero-order valence-corrected chi connectivity index (χ0v) is 15.9. The number of thiazole rings is 1. The first-order chi connectivity index (χ1) is 13.2. The van der Waals surface area contributed by atoms with Crippen LogP contribution in [0.5, 0.6) is 17.2 Å². The van der Waals surface area contributed by atoms with Gasteiger partial charge in [0.05, 0.1) is 19.4 Å². The van der Waals surface area contributed by atoms with Gasteiger partial charge in [0.25, 0.3) is 5.91 Å². The zero-order valence-electron chi connectivity index (χ0n) is 15.1. The lowest BCUT2D eigenvalue weighted by atomic mass is 10.1. The van der Waals surface area contributed by atoms with Crippen molar-refractivity contribution in [1.29, 1.82) is 0 Å². The average Bonchev–Trinajstić information content (AvgIpc) is 3.16. The summed E-state index contributed by atoms with van der Waals surface area (Å²) in [6.07, 6.45) is 0. The fourth-order valence-electron chi connectivity index (χ4n) is 2.41. The van der Waals surface area contributed by atoms with Crippen LogP contribution in [0.4, 0.5) is 5.13 Å². The second kappa shape index (κ2) is 9.05. The molecular formula is C20H20N2O4S. The van der Waals surface area contributed by atoms with E-state index in [0.717, 1.165) is 22.8 Å². The minimum Gasteiger partial charge on any atom is -0.496 e. The molecule has 7 heteroatoms. The SMILES string of the molecule is CCOc1ccc(OCC(=O)Nc2nc(-c3ccccc3OC)cs2)cc1. The first kappa shape index (κ1) is 18.7. The second-order valence-electron chi connectivity index (χ2n) is 5.48.